The van der Waals surface area contributed by atoms with Gasteiger partial charge in [0.15, 0.2) is 0 Å². The Bertz CT molecular complexity index is 502. The van der Waals surface area contributed by atoms with Crippen LogP contribution in [0.25, 0.3) is 0 Å². The van der Waals surface area contributed by atoms with Gasteiger partial charge in [0.25, 0.3) is 5.69 Å². The van der Waals surface area contributed by atoms with E-state index in [-0.39, 0.29) is 10.6 Å². The van der Waals surface area contributed by atoms with E-state index in [9.17, 15) is 10.1 Å². The largest absolute Gasteiger partial charge is 0.306 e. The molecule has 1 aliphatic heterocycles. The second kappa shape index (κ2) is 7.00. The number of hydrogen-bond donors (Lipinski definition) is 0. The van der Waals surface area contributed by atoms with Crippen molar-refractivity contribution in [2.24, 2.45) is 0 Å². The molecule has 0 radical (unpaired) electrons. The second-order valence-corrected chi connectivity index (χ2v) is 6.20. The molecule has 0 amide bonds. The first-order valence-corrected chi connectivity index (χ1v) is 7.60. The van der Waals surface area contributed by atoms with Gasteiger partial charge in [-0.3, -0.25) is 15.0 Å². The van der Waals surface area contributed by atoms with Crippen LogP contribution >= 0.6 is 0 Å². The van der Waals surface area contributed by atoms with Crippen LogP contribution in [0.4, 0.5) is 5.69 Å². The van der Waals surface area contributed by atoms with Gasteiger partial charge in [0.1, 0.15) is 0 Å². The van der Waals surface area contributed by atoms with Gasteiger partial charge in [-0.05, 0) is 58.9 Å². The number of nitro benzene ring substituents is 1. The normalized spacial score (nSPS) is 20.5. The smallest absolute Gasteiger partial charge is 0.272 e. The fourth-order valence-corrected chi connectivity index (χ4v) is 3.02. The lowest BCUT2D eigenvalue weighted by Gasteiger charge is -2.23. The van der Waals surface area contributed by atoms with Gasteiger partial charge in [-0.25, -0.2) is 0 Å². The van der Waals surface area contributed by atoms with E-state index < -0.39 is 0 Å². The summed E-state index contributed by atoms with van der Waals surface area (Å²) in [5.41, 5.74) is 2.00. The van der Waals surface area contributed by atoms with Crippen LogP contribution in [-0.4, -0.2) is 47.9 Å². The number of likely N-dealkylation sites (tertiary alicyclic amines) is 1. The predicted molar refractivity (Wildman–Crippen MR) is 84.4 cm³/mol. The van der Waals surface area contributed by atoms with E-state index in [4.69, 9.17) is 0 Å². The zero-order chi connectivity index (χ0) is 15.4. The molecule has 5 heteroatoms. The number of nitrogens with zero attached hydrogens (tertiary/aromatic N) is 3. The average molecular weight is 291 g/mol. The fourth-order valence-electron chi connectivity index (χ4n) is 3.02. The molecule has 0 aromatic heterocycles. The summed E-state index contributed by atoms with van der Waals surface area (Å²) in [6.07, 6.45) is 3.59. The Morgan fingerprint density at radius 2 is 2.10 bits per heavy atom. The van der Waals surface area contributed by atoms with Crippen molar-refractivity contribution in [3.63, 3.8) is 0 Å². The first-order valence-electron chi connectivity index (χ1n) is 7.60. The lowest BCUT2D eigenvalue weighted by atomic mass is 10.1. The molecule has 1 unspecified atom stereocenters. The minimum Gasteiger partial charge on any atom is -0.306 e. The Morgan fingerprint density at radius 1 is 1.33 bits per heavy atom. The van der Waals surface area contributed by atoms with Crippen molar-refractivity contribution in [2.45, 2.75) is 38.8 Å². The third-order valence-corrected chi connectivity index (χ3v) is 4.40. The number of nitro groups is 1. The first-order chi connectivity index (χ1) is 9.97. The zero-order valence-corrected chi connectivity index (χ0v) is 13.2. The molecule has 1 aliphatic rings. The van der Waals surface area contributed by atoms with E-state index in [2.05, 4.69) is 23.9 Å². The summed E-state index contributed by atoms with van der Waals surface area (Å²) in [6, 6.07) is 6.25. The topological polar surface area (TPSA) is 49.6 Å². The highest BCUT2D eigenvalue weighted by atomic mass is 16.6. The summed E-state index contributed by atoms with van der Waals surface area (Å²) < 4.78 is 0. The molecular weight excluding hydrogens is 266 g/mol. The minimum atomic E-state index is -0.288. The van der Waals surface area contributed by atoms with Crippen molar-refractivity contribution in [3.05, 3.63) is 39.4 Å². The van der Waals surface area contributed by atoms with Crippen molar-refractivity contribution in [1.82, 2.24) is 9.80 Å². The van der Waals surface area contributed by atoms with E-state index in [1.807, 2.05) is 12.1 Å². The molecule has 1 saturated heterocycles. The number of hydrogen-bond acceptors (Lipinski definition) is 4. The molecule has 116 valence electrons. The van der Waals surface area contributed by atoms with Gasteiger partial charge in [0.05, 0.1) is 4.92 Å². The second-order valence-electron chi connectivity index (χ2n) is 6.20. The maximum absolute atomic E-state index is 11.0. The van der Waals surface area contributed by atoms with Gasteiger partial charge in [0.2, 0.25) is 0 Å². The van der Waals surface area contributed by atoms with Gasteiger partial charge in [-0.15, -0.1) is 0 Å². The molecule has 0 aliphatic carbocycles. The molecule has 5 nitrogen and oxygen atoms in total. The maximum atomic E-state index is 11.0. The Labute approximate surface area is 126 Å². The predicted octanol–water partition coefficient (Wildman–Crippen LogP) is 2.82. The van der Waals surface area contributed by atoms with Crippen LogP contribution in [0, 0.1) is 17.0 Å². The molecule has 1 atom stereocenters. The zero-order valence-electron chi connectivity index (χ0n) is 13.2. The van der Waals surface area contributed by atoms with Crippen LogP contribution in [-0.2, 0) is 6.54 Å². The fraction of sp³-hybridized carbons (Fsp3) is 0.625. The van der Waals surface area contributed by atoms with Crippen LogP contribution in [0.15, 0.2) is 18.2 Å². The van der Waals surface area contributed by atoms with Gasteiger partial charge < -0.3 is 4.90 Å². The van der Waals surface area contributed by atoms with Crippen LogP contribution in [0.2, 0.25) is 0 Å². The van der Waals surface area contributed by atoms with Crippen LogP contribution in [0.5, 0.6) is 0 Å². The average Bonchev–Trinajstić information content (AvgIpc) is 2.66. The van der Waals surface area contributed by atoms with Crippen molar-refractivity contribution < 1.29 is 4.92 Å². The monoisotopic (exact) mass is 291 g/mol. The first kappa shape index (κ1) is 15.9. The Hall–Kier alpha value is -1.46. The Kier molecular flexibility index (Phi) is 5.31. The van der Waals surface area contributed by atoms with Crippen LogP contribution < -0.4 is 0 Å². The Morgan fingerprint density at radius 3 is 2.76 bits per heavy atom. The van der Waals surface area contributed by atoms with Gasteiger partial charge >= 0.3 is 0 Å². The summed E-state index contributed by atoms with van der Waals surface area (Å²) in [6.45, 7) is 4.73. The molecule has 1 aromatic carbocycles. The van der Waals surface area contributed by atoms with Gasteiger partial charge in [-0.1, -0.05) is 12.1 Å². The molecule has 0 N–H and O–H groups in total. The SMILES string of the molecule is Cc1ccc(CN2CCCC(N(C)C)CC2)cc1[N+](=O)[O-]. The standard InChI is InChI=1S/C16H25N3O2/c1-13-6-7-14(11-16(13)19(20)21)12-18-9-4-5-15(8-10-18)17(2)3/h6-7,11,15H,4-5,8-10,12H2,1-3H3. The lowest BCUT2D eigenvalue weighted by Crippen LogP contribution is -2.29. The molecule has 0 saturated carbocycles. The van der Waals surface area contributed by atoms with Crippen LogP contribution in [0.3, 0.4) is 0 Å². The summed E-state index contributed by atoms with van der Waals surface area (Å²) in [5.74, 6) is 0. The molecule has 1 aromatic rings. The van der Waals surface area contributed by atoms with E-state index in [1.165, 1.54) is 19.3 Å². The molecule has 21 heavy (non-hydrogen) atoms. The quantitative estimate of drug-likeness (QED) is 0.632. The summed E-state index contributed by atoms with van der Waals surface area (Å²) in [7, 11) is 4.29. The lowest BCUT2D eigenvalue weighted by molar-refractivity contribution is -0.385. The van der Waals surface area contributed by atoms with Crippen molar-refractivity contribution >= 4 is 5.69 Å². The number of rotatable bonds is 4. The van der Waals surface area contributed by atoms with Crippen molar-refractivity contribution in [1.29, 1.82) is 0 Å². The van der Waals surface area contributed by atoms with Crippen molar-refractivity contribution in [3.8, 4) is 0 Å². The summed E-state index contributed by atoms with van der Waals surface area (Å²) in [4.78, 5) is 15.5. The highest BCUT2D eigenvalue weighted by molar-refractivity contribution is 5.42. The number of aryl methyl sites for hydroxylation is 1. The maximum Gasteiger partial charge on any atom is 0.272 e. The summed E-state index contributed by atoms with van der Waals surface area (Å²) in [5, 5.41) is 11.0. The minimum absolute atomic E-state index is 0.230. The van der Waals surface area contributed by atoms with E-state index in [0.29, 0.717) is 6.04 Å². The summed E-state index contributed by atoms with van der Waals surface area (Å²) >= 11 is 0. The molecule has 0 bridgehead atoms. The van der Waals surface area contributed by atoms with Gasteiger partial charge in [-0.2, -0.15) is 0 Å². The third-order valence-electron chi connectivity index (χ3n) is 4.40. The highest BCUT2D eigenvalue weighted by Gasteiger charge is 2.19. The van der Waals surface area contributed by atoms with Crippen molar-refractivity contribution in [2.75, 3.05) is 27.2 Å². The Balaban J connectivity index is 2.01. The molecule has 1 fully saturated rings. The number of benzene rings is 1. The van der Waals surface area contributed by atoms with E-state index >= 15 is 0 Å². The molecule has 1 heterocycles. The molecule has 2 rings (SSSR count). The molecule has 0 spiro atoms. The van der Waals surface area contributed by atoms with Gasteiger partial charge in [0, 0.05) is 24.2 Å². The van der Waals surface area contributed by atoms with E-state index in [0.717, 1.165) is 30.8 Å². The third kappa shape index (κ3) is 4.25. The highest BCUT2D eigenvalue weighted by Crippen LogP contribution is 2.22. The van der Waals surface area contributed by atoms with E-state index in [1.54, 1.807) is 13.0 Å². The molecular formula is C16H25N3O2. The van der Waals surface area contributed by atoms with Crippen LogP contribution in [0.1, 0.15) is 30.4 Å².